The number of amides is 1. The van der Waals surface area contributed by atoms with Crippen LogP contribution in [0.4, 0.5) is 17.6 Å². The van der Waals surface area contributed by atoms with Crippen molar-refractivity contribution in [1.82, 2.24) is 9.97 Å². The van der Waals surface area contributed by atoms with Gasteiger partial charge in [-0.2, -0.15) is 13.2 Å². The number of carbonyl (C=O) groups excluding carboxylic acids is 1. The number of fused-ring (bicyclic) bond motifs is 1. The number of aromatic amines is 1. The van der Waals surface area contributed by atoms with Crippen LogP contribution in [0.5, 0.6) is 0 Å². The van der Waals surface area contributed by atoms with Crippen molar-refractivity contribution in [1.29, 1.82) is 0 Å². The molecule has 1 amide bonds. The second-order valence-corrected chi connectivity index (χ2v) is 5.29. The van der Waals surface area contributed by atoms with Gasteiger partial charge in [-0.3, -0.25) is 4.79 Å². The SMILES string of the molecule is NC(=O)/C=C/c1c[nH]c2ncc(-c3ccc(F)c(C(F)(F)F)c3)cc12. The summed E-state index contributed by atoms with van der Waals surface area (Å²) in [5, 5.41) is 0.591. The van der Waals surface area contributed by atoms with Crippen LogP contribution in [0.2, 0.25) is 0 Å². The molecule has 2 aromatic heterocycles. The monoisotopic (exact) mass is 349 g/mol. The standard InChI is InChI=1S/C17H11F4N3O/c18-14-3-1-9(6-13(14)17(19,20)21)11-5-12-10(2-4-15(22)25)7-23-16(12)24-8-11/h1-8H,(H2,22,25)(H,23,24)/b4-2+. The van der Waals surface area contributed by atoms with E-state index < -0.39 is 23.5 Å². The van der Waals surface area contributed by atoms with Crippen LogP contribution in [0, 0.1) is 5.82 Å². The van der Waals surface area contributed by atoms with Gasteiger partial charge in [0, 0.05) is 35.0 Å². The Morgan fingerprint density at radius 3 is 2.64 bits per heavy atom. The van der Waals surface area contributed by atoms with Crippen molar-refractivity contribution >= 4 is 23.0 Å². The lowest BCUT2D eigenvalue weighted by atomic mass is 10.0. The summed E-state index contributed by atoms with van der Waals surface area (Å²) in [6.45, 7) is 0. The average molecular weight is 349 g/mol. The molecular formula is C17H11F4N3O. The third-order valence-corrected chi connectivity index (χ3v) is 3.60. The van der Waals surface area contributed by atoms with E-state index in [1.807, 2.05) is 0 Å². The van der Waals surface area contributed by atoms with E-state index in [2.05, 4.69) is 9.97 Å². The summed E-state index contributed by atoms with van der Waals surface area (Å²) in [4.78, 5) is 17.9. The van der Waals surface area contributed by atoms with Gasteiger partial charge in [0.2, 0.25) is 5.91 Å². The molecule has 0 atom stereocenters. The highest BCUT2D eigenvalue weighted by atomic mass is 19.4. The Hall–Kier alpha value is -3.16. The molecule has 0 aliphatic heterocycles. The minimum absolute atomic E-state index is 0.175. The van der Waals surface area contributed by atoms with Gasteiger partial charge >= 0.3 is 6.18 Å². The Labute approximate surface area is 139 Å². The number of hydrogen-bond donors (Lipinski definition) is 2. The number of pyridine rings is 1. The van der Waals surface area contributed by atoms with Crippen LogP contribution >= 0.6 is 0 Å². The molecule has 4 nitrogen and oxygen atoms in total. The summed E-state index contributed by atoms with van der Waals surface area (Å²) in [6, 6.07) is 4.36. The number of nitrogens with one attached hydrogen (secondary N) is 1. The fourth-order valence-corrected chi connectivity index (χ4v) is 2.41. The second-order valence-electron chi connectivity index (χ2n) is 5.29. The molecule has 0 spiro atoms. The largest absolute Gasteiger partial charge is 0.419 e. The van der Waals surface area contributed by atoms with Gasteiger partial charge in [0.05, 0.1) is 5.56 Å². The number of carbonyl (C=O) groups is 1. The van der Waals surface area contributed by atoms with E-state index in [0.29, 0.717) is 22.2 Å². The van der Waals surface area contributed by atoms with Gasteiger partial charge in [-0.15, -0.1) is 0 Å². The zero-order chi connectivity index (χ0) is 18.2. The van der Waals surface area contributed by atoms with Crippen molar-refractivity contribution in [3.05, 3.63) is 59.7 Å². The Bertz CT molecular complexity index is 989. The molecule has 0 unspecified atom stereocenters. The van der Waals surface area contributed by atoms with Crippen molar-refractivity contribution in [2.24, 2.45) is 5.73 Å². The molecule has 1 aromatic carbocycles. The van der Waals surface area contributed by atoms with Gasteiger partial charge in [-0.05, 0) is 29.8 Å². The van der Waals surface area contributed by atoms with E-state index in [0.717, 1.165) is 18.2 Å². The number of nitrogens with zero attached hydrogens (tertiary/aromatic N) is 1. The van der Waals surface area contributed by atoms with Gasteiger partial charge in [0.25, 0.3) is 0 Å². The molecule has 3 rings (SSSR count). The Kier molecular flexibility index (Phi) is 4.03. The summed E-state index contributed by atoms with van der Waals surface area (Å²) >= 11 is 0. The summed E-state index contributed by atoms with van der Waals surface area (Å²) in [6.07, 6.45) is 0.814. The average Bonchev–Trinajstić information content (AvgIpc) is 2.94. The van der Waals surface area contributed by atoms with Gasteiger partial charge in [-0.25, -0.2) is 9.37 Å². The molecule has 0 saturated carbocycles. The maximum absolute atomic E-state index is 13.4. The highest BCUT2D eigenvalue weighted by Crippen LogP contribution is 2.34. The number of aromatic nitrogens is 2. The third kappa shape index (κ3) is 3.37. The number of halogens is 4. The molecule has 0 radical (unpaired) electrons. The number of alkyl halides is 3. The predicted octanol–water partition coefficient (Wildman–Crippen LogP) is 3.89. The van der Waals surface area contributed by atoms with Crippen LogP contribution in [0.25, 0.3) is 28.2 Å². The molecule has 2 heterocycles. The number of hydrogen-bond acceptors (Lipinski definition) is 2. The first-order chi connectivity index (χ1) is 11.8. The lowest BCUT2D eigenvalue weighted by Crippen LogP contribution is -2.08. The molecule has 3 aromatic rings. The predicted molar refractivity (Wildman–Crippen MR) is 84.7 cm³/mol. The molecule has 8 heteroatoms. The third-order valence-electron chi connectivity index (χ3n) is 3.60. The lowest BCUT2D eigenvalue weighted by Gasteiger charge is -2.10. The molecule has 0 bridgehead atoms. The van der Waals surface area contributed by atoms with Gasteiger partial charge in [0.15, 0.2) is 0 Å². The van der Waals surface area contributed by atoms with Crippen molar-refractivity contribution in [3.8, 4) is 11.1 Å². The Morgan fingerprint density at radius 1 is 1.20 bits per heavy atom. The number of H-pyrrole nitrogens is 1. The summed E-state index contributed by atoms with van der Waals surface area (Å²) in [5.74, 6) is -1.97. The van der Waals surface area contributed by atoms with E-state index in [1.165, 1.54) is 18.3 Å². The van der Waals surface area contributed by atoms with Crippen LogP contribution in [-0.4, -0.2) is 15.9 Å². The number of primary amides is 1. The minimum Gasteiger partial charge on any atom is -0.366 e. The van der Waals surface area contributed by atoms with Crippen molar-refractivity contribution < 1.29 is 22.4 Å². The van der Waals surface area contributed by atoms with Crippen LogP contribution in [-0.2, 0) is 11.0 Å². The van der Waals surface area contributed by atoms with Crippen molar-refractivity contribution in [2.75, 3.05) is 0 Å². The van der Waals surface area contributed by atoms with Crippen LogP contribution in [0.1, 0.15) is 11.1 Å². The zero-order valence-corrected chi connectivity index (χ0v) is 12.6. The topological polar surface area (TPSA) is 71.8 Å². The molecule has 3 N–H and O–H groups in total. The number of nitrogens with two attached hydrogens (primary N) is 1. The van der Waals surface area contributed by atoms with Crippen LogP contribution in [0.3, 0.4) is 0 Å². The molecule has 25 heavy (non-hydrogen) atoms. The summed E-state index contributed by atoms with van der Waals surface area (Å²) in [7, 11) is 0. The normalized spacial score (nSPS) is 12.2. The Balaban J connectivity index is 2.11. The van der Waals surface area contributed by atoms with Crippen LogP contribution in [0.15, 0.2) is 42.7 Å². The maximum Gasteiger partial charge on any atom is 0.419 e. The second kappa shape index (κ2) is 6.04. The maximum atomic E-state index is 13.4. The lowest BCUT2D eigenvalue weighted by molar-refractivity contribution is -0.139. The summed E-state index contributed by atoms with van der Waals surface area (Å²) in [5.41, 5.74) is 5.36. The first kappa shape index (κ1) is 16.7. The first-order valence-electron chi connectivity index (χ1n) is 7.07. The summed E-state index contributed by atoms with van der Waals surface area (Å²) < 4.78 is 52.1. The van der Waals surface area contributed by atoms with E-state index >= 15 is 0 Å². The van der Waals surface area contributed by atoms with Gasteiger partial charge in [0.1, 0.15) is 11.5 Å². The van der Waals surface area contributed by atoms with E-state index in [-0.39, 0.29) is 5.56 Å². The molecule has 0 aliphatic carbocycles. The first-order valence-corrected chi connectivity index (χ1v) is 7.07. The van der Waals surface area contributed by atoms with Crippen molar-refractivity contribution in [3.63, 3.8) is 0 Å². The Morgan fingerprint density at radius 2 is 1.96 bits per heavy atom. The molecular weight excluding hydrogens is 338 g/mol. The van der Waals surface area contributed by atoms with Crippen molar-refractivity contribution in [2.45, 2.75) is 6.18 Å². The molecule has 0 aliphatic rings. The van der Waals surface area contributed by atoms with E-state index in [1.54, 1.807) is 12.3 Å². The fourth-order valence-electron chi connectivity index (χ4n) is 2.41. The minimum atomic E-state index is -4.79. The van der Waals surface area contributed by atoms with Gasteiger partial charge < -0.3 is 10.7 Å². The number of benzene rings is 1. The van der Waals surface area contributed by atoms with Crippen LogP contribution < -0.4 is 5.73 Å². The molecule has 0 fully saturated rings. The quantitative estimate of drug-likeness (QED) is 0.556. The van der Waals surface area contributed by atoms with Gasteiger partial charge in [-0.1, -0.05) is 6.07 Å². The van der Waals surface area contributed by atoms with E-state index in [4.69, 9.17) is 5.73 Å². The highest BCUT2D eigenvalue weighted by molar-refractivity contribution is 5.95. The fraction of sp³-hybridized carbons (Fsp3) is 0.0588. The molecule has 128 valence electrons. The highest BCUT2D eigenvalue weighted by Gasteiger charge is 2.34. The molecule has 0 saturated heterocycles. The number of rotatable bonds is 3. The smallest absolute Gasteiger partial charge is 0.366 e. The zero-order valence-electron chi connectivity index (χ0n) is 12.6. The van der Waals surface area contributed by atoms with E-state index in [9.17, 15) is 22.4 Å².